The Morgan fingerprint density at radius 1 is 0.760 bits per heavy atom. The minimum absolute atomic E-state index is 0.184. The lowest BCUT2D eigenvalue weighted by Crippen LogP contribution is -2.08. The van der Waals surface area contributed by atoms with Crippen LogP contribution in [0.15, 0.2) is 45.3 Å². The van der Waals surface area contributed by atoms with Crippen LogP contribution in [0.4, 0.5) is 26.3 Å². The highest BCUT2D eigenvalue weighted by Crippen LogP contribution is 2.36. The van der Waals surface area contributed by atoms with Crippen molar-refractivity contribution < 1.29 is 26.3 Å². The molecule has 2 aromatic rings. The van der Waals surface area contributed by atoms with Gasteiger partial charge in [-0.25, -0.2) is 0 Å². The molecule has 138 valence electrons. The molecule has 25 heavy (non-hydrogen) atoms. The SMILES string of the molecule is Cc1c(Br)cccc1C(F)(F)F.FC(F)(F)c1cccc(Br)c1CBr. The third-order valence-corrected chi connectivity index (χ3v) is 5.29. The summed E-state index contributed by atoms with van der Waals surface area (Å²) >= 11 is 9.13. The summed E-state index contributed by atoms with van der Waals surface area (Å²) in [7, 11) is 0. The Hall–Kier alpha value is -0.540. The van der Waals surface area contributed by atoms with Crippen LogP contribution in [0.1, 0.15) is 22.3 Å². The minimum atomic E-state index is -4.28. The van der Waals surface area contributed by atoms with Crippen molar-refractivity contribution in [2.24, 2.45) is 0 Å². The Balaban J connectivity index is 0.000000251. The van der Waals surface area contributed by atoms with Crippen LogP contribution in [-0.2, 0) is 17.7 Å². The Bertz CT molecular complexity index is 723. The zero-order chi connectivity index (χ0) is 19.4. The molecule has 0 atom stereocenters. The number of benzene rings is 2. The molecule has 0 amide bonds. The van der Waals surface area contributed by atoms with Crippen molar-refractivity contribution in [3.63, 3.8) is 0 Å². The van der Waals surface area contributed by atoms with Crippen molar-refractivity contribution in [3.8, 4) is 0 Å². The second-order valence-electron chi connectivity index (χ2n) is 4.81. The molecule has 0 aliphatic heterocycles. The summed E-state index contributed by atoms with van der Waals surface area (Å²) in [6.07, 6.45) is -8.54. The van der Waals surface area contributed by atoms with E-state index in [0.717, 1.165) is 12.1 Å². The minimum Gasteiger partial charge on any atom is -0.166 e. The van der Waals surface area contributed by atoms with Crippen LogP contribution in [-0.4, -0.2) is 0 Å². The van der Waals surface area contributed by atoms with Gasteiger partial charge < -0.3 is 0 Å². The van der Waals surface area contributed by atoms with Crippen LogP contribution in [0.25, 0.3) is 0 Å². The van der Waals surface area contributed by atoms with Gasteiger partial charge in [-0.3, -0.25) is 0 Å². The molecule has 0 nitrogen and oxygen atoms in total. The van der Waals surface area contributed by atoms with Gasteiger partial charge in [0.25, 0.3) is 0 Å². The monoisotopic (exact) mass is 554 g/mol. The highest BCUT2D eigenvalue weighted by atomic mass is 79.9. The first-order chi connectivity index (χ1) is 11.4. The van der Waals surface area contributed by atoms with E-state index in [4.69, 9.17) is 0 Å². The number of hydrogen-bond donors (Lipinski definition) is 0. The van der Waals surface area contributed by atoms with Gasteiger partial charge in [0.05, 0.1) is 11.1 Å². The first-order valence-electron chi connectivity index (χ1n) is 6.62. The Morgan fingerprint density at radius 3 is 1.56 bits per heavy atom. The first kappa shape index (κ1) is 22.5. The van der Waals surface area contributed by atoms with Crippen LogP contribution in [0.3, 0.4) is 0 Å². The molecule has 2 rings (SSSR count). The molecule has 0 bridgehead atoms. The fourth-order valence-corrected chi connectivity index (χ4v) is 3.73. The molecular formula is C16H11Br3F6. The first-order valence-corrected chi connectivity index (χ1v) is 9.33. The zero-order valence-electron chi connectivity index (χ0n) is 12.6. The summed E-state index contributed by atoms with van der Waals surface area (Å²) in [5.74, 6) is 0. The van der Waals surface area contributed by atoms with Gasteiger partial charge in [-0.15, -0.1) is 0 Å². The van der Waals surface area contributed by atoms with Crippen LogP contribution in [0.2, 0.25) is 0 Å². The molecule has 0 N–H and O–H groups in total. The fraction of sp³-hybridized carbons (Fsp3) is 0.250. The molecule has 0 unspecified atom stereocenters. The van der Waals surface area contributed by atoms with Gasteiger partial charge in [0.2, 0.25) is 0 Å². The van der Waals surface area contributed by atoms with Crippen molar-refractivity contribution in [1.82, 2.24) is 0 Å². The van der Waals surface area contributed by atoms with E-state index < -0.39 is 23.5 Å². The lowest BCUT2D eigenvalue weighted by Gasteiger charge is -2.11. The lowest BCUT2D eigenvalue weighted by molar-refractivity contribution is -0.138. The van der Waals surface area contributed by atoms with Crippen LogP contribution in [0, 0.1) is 6.92 Å². The molecule has 2 aromatic carbocycles. The Kier molecular flexibility index (Phi) is 8.01. The highest BCUT2D eigenvalue weighted by Gasteiger charge is 2.33. The van der Waals surface area contributed by atoms with Gasteiger partial charge in [-0.2, -0.15) is 26.3 Å². The van der Waals surface area contributed by atoms with Gasteiger partial charge in [0.15, 0.2) is 0 Å². The largest absolute Gasteiger partial charge is 0.416 e. The Morgan fingerprint density at radius 2 is 1.20 bits per heavy atom. The van der Waals surface area contributed by atoms with E-state index in [1.54, 1.807) is 12.1 Å². The van der Waals surface area contributed by atoms with Gasteiger partial charge in [-0.05, 0) is 42.3 Å². The second-order valence-corrected chi connectivity index (χ2v) is 7.08. The smallest absolute Gasteiger partial charge is 0.166 e. The predicted octanol–water partition coefficient (Wildman–Crippen LogP) is 8.14. The third-order valence-electron chi connectivity index (χ3n) is 3.13. The molecule has 0 aromatic heterocycles. The van der Waals surface area contributed by atoms with Crippen LogP contribution < -0.4 is 0 Å². The quantitative estimate of drug-likeness (QED) is 0.246. The van der Waals surface area contributed by atoms with Crippen molar-refractivity contribution in [3.05, 3.63) is 67.6 Å². The molecule has 0 saturated carbocycles. The summed E-state index contributed by atoms with van der Waals surface area (Å²) in [5.41, 5.74) is -0.726. The summed E-state index contributed by atoms with van der Waals surface area (Å²) in [6.45, 7) is 1.44. The van der Waals surface area contributed by atoms with Crippen LogP contribution >= 0.6 is 47.8 Å². The second kappa shape index (κ2) is 8.90. The Labute approximate surface area is 166 Å². The maximum Gasteiger partial charge on any atom is 0.416 e. The fourth-order valence-electron chi connectivity index (χ4n) is 1.87. The highest BCUT2D eigenvalue weighted by molar-refractivity contribution is 9.11. The molecule has 0 saturated heterocycles. The topological polar surface area (TPSA) is 0 Å². The van der Waals surface area contributed by atoms with Crippen molar-refractivity contribution in [2.75, 3.05) is 0 Å². The summed E-state index contributed by atoms with van der Waals surface area (Å²) in [4.78, 5) is 0. The van der Waals surface area contributed by atoms with Gasteiger partial charge >= 0.3 is 12.4 Å². The molecule has 0 fully saturated rings. The molecule has 0 aliphatic carbocycles. The number of rotatable bonds is 1. The molecule has 0 radical (unpaired) electrons. The van der Waals surface area contributed by atoms with E-state index in [2.05, 4.69) is 47.8 Å². The molecule has 0 heterocycles. The number of hydrogen-bond acceptors (Lipinski definition) is 0. The van der Waals surface area contributed by atoms with E-state index >= 15 is 0 Å². The molecule has 0 spiro atoms. The average Bonchev–Trinajstić information content (AvgIpc) is 2.48. The normalized spacial score (nSPS) is 11.8. The molecular weight excluding hydrogens is 546 g/mol. The van der Waals surface area contributed by atoms with E-state index in [1.807, 2.05) is 0 Å². The van der Waals surface area contributed by atoms with Gasteiger partial charge in [-0.1, -0.05) is 59.9 Å². The van der Waals surface area contributed by atoms with Crippen LogP contribution in [0.5, 0.6) is 0 Å². The summed E-state index contributed by atoms with van der Waals surface area (Å²) in [5, 5.41) is 0.184. The van der Waals surface area contributed by atoms with E-state index in [0.29, 0.717) is 8.95 Å². The summed E-state index contributed by atoms with van der Waals surface area (Å²) in [6, 6.07) is 8.07. The predicted molar refractivity (Wildman–Crippen MR) is 95.7 cm³/mol. The maximum atomic E-state index is 12.4. The maximum absolute atomic E-state index is 12.4. The molecule has 0 aliphatic rings. The van der Waals surface area contributed by atoms with E-state index in [-0.39, 0.29) is 16.5 Å². The van der Waals surface area contributed by atoms with Crippen molar-refractivity contribution in [2.45, 2.75) is 24.6 Å². The average molecular weight is 557 g/mol. The lowest BCUT2D eigenvalue weighted by atomic mass is 10.1. The van der Waals surface area contributed by atoms with E-state index in [9.17, 15) is 26.3 Å². The van der Waals surface area contributed by atoms with Crippen molar-refractivity contribution in [1.29, 1.82) is 0 Å². The standard InChI is InChI=1S/C8H5Br2F3.C8H6BrF3/c9-4-5-6(8(11,12)13)2-1-3-7(5)10;1-5-6(8(10,11)12)3-2-4-7(5)9/h1-3H,4H2;2-4H,1H3. The van der Waals surface area contributed by atoms with Gasteiger partial charge in [0, 0.05) is 14.3 Å². The summed E-state index contributed by atoms with van der Waals surface area (Å²) < 4.78 is 74.7. The number of alkyl halides is 7. The van der Waals surface area contributed by atoms with Gasteiger partial charge in [0.1, 0.15) is 0 Å². The molecule has 9 heteroatoms. The zero-order valence-corrected chi connectivity index (χ0v) is 17.3. The van der Waals surface area contributed by atoms with E-state index in [1.165, 1.54) is 19.1 Å². The third kappa shape index (κ3) is 6.29. The number of halogens is 9. The van der Waals surface area contributed by atoms with Crippen molar-refractivity contribution >= 4 is 47.8 Å².